The van der Waals surface area contributed by atoms with Crippen LogP contribution in [-0.4, -0.2) is 49.6 Å². The van der Waals surface area contributed by atoms with E-state index in [2.05, 4.69) is 11.9 Å². The second-order valence-corrected chi connectivity index (χ2v) is 4.48. The number of hydrogen-bond donors (Lipinski definition) is 1. The van der Waals surface area contributed by atoms with Crippen LogP contribution in [0.1, 0.15) is 20.7 Å². The summed E-state index contributed by atoms with van der Waals surface area (Å²) >= 11 is 0. The van der Waals surface area contributed by atoms with E-state index in [9.17, 15) is 9.59 Å². The third kappa shape index (κ3) is 3.45. The van der Waals surface area contributed by atoms with Gasteiger partial charge in [-0.3, -0.25) is 9.59 Å². The minimum absolute atomic E-state index is 0.0633. The molecule has 0 saturated carbocycles. The van der Waals surface area contributed by atoms with E-state index in [-0.39, 0.29) is 11.8 Å². The molecule has 1 aromatic rings. The molecule has 5 nitrogen and oxygen atoms in total. The second-order valence-electron chi connectivity index (χ2n) is 4.48. The number of nitrogens with one attached hydrogen (secondary N) is 1. The van der Waals surface area contributed by atoms with Crippen LogP contribution in [0.4, 0.5) is 0 Å². The summed E-state index contributed by atoms with van der Waals surface area (Å²) in [6.07, 6.45) is 1.61. The summed E-state index contributed by atoms with van der Waals surface area (Å²) in [5.74, 6) is -0.270. The summed E-state index contributed by atoms with van der Waals surface area (Å²) in [4.78, 5) is 25.9. The van der Waals surface area contributed by atoms with E-state index in [1.165, 1.54) is 0 Å². The molecule has 0 aliphatic carbocycles. The molecule has 5 heteroatoms. The van der Waals surface area contributed by atoms with Gasteiger partial charge in [0.15, 0.2) is 0 Å². The number of hydrogen-bond acceptors (Lipinski definition) is 3. The zero-order valence-electron chi connectivity index (χ0n) is 11.3. The van der Waals surface area contributed by atoms with Crippen LogP contribution in [0.3, 0.4) is 0 Å². The van der Waals surface area contributed by atoms with E-state index in [4.69, 9.17) is 4.74 Å². The molecule has 0 bridgehead atoms. The van der Waals surface area contributed by atoms with Crippen LogP contribution in [0.15, 0.2) is 36.9 Å². The standard InChI is InChI=1S/C15H18N2O3/c1-2-6-16-14(18)12-4-3-5-13(11-12)15(19)17-7-9-20-10-8-17/h2-5,11H,1,6-10H2,(H,16,18). The van der Waals surface area contributed by atoms with Gasteiger partial charge in [0, 0.05) is 30.8 Å². The molecule has 1 heterocycles. The smallest absolute Gasteiger partial charge is 0.254 e. The summed E-state index contributed by atoms with van der Waals surface area (Å²) in [6, 6.07) is 6.75. The quantitative estimate of drug-likeness (QED) is 0.836. The average Bonchev–Trinajstić information content (AvgIpc) is 2.52. The molecule has 1 aliphatic rings. The van der Waals surface area contributed by atoms with Crippen LogP contribution >= 0.6 is 0 Å². The number of carbonyl (C=O) groups excluding carboxylic acids is 2. The van der Waals surface area contributed by atoms with Gasteiger partial charge in [0.25, 0.3) is 11.8 Å². The van der Waals surface area contributed by atoms with Crippen LogP contribution in [0.5, 0.6) is 0 Å². The highest BCUT2D eigenvalue weighted by atomic mass is 16.5. The summed E-state index contributed by atoms with van der Waals surface area (Å²) in [6.45, 7) is 6.25. The van der Waals surface area contributed by atoms with Gasteiger partial charge in [-0.2, -0.15) is 0 Å². The van der Waals surface area contributed by atoms with Crippen molar-refractivity contribution in [1.82, 2.24) is 10.2 Å². The Bertz CT molecular complexity index is 508. The Morgan fingerprint density at radius 3 is 2.70 bits per heavy atom. The van der Waals surface area contributed by atoms with Gasteiger partial charge in [0.2, 0.25) is 0 Å². The minimum atomic E-state index is -0.207. The normalized spacial score (nSPS) is 14.7. The number of carbonyl (C=O) groups is 2. The Morgan fingerprint density at radius 1 is 1.30 bits per heavy atom. The fraction of sp³-hybridized carbons (Fsp3) is 0.333. The Kier molecular flexibility index (Phi) is 4.90. The highest BCUT2D eigenvalue weighted by molar-refractivity contribution is 5.99. The summed E-state index contributed by atoms with van der Waals surface area (Å²) in [5, 5.41) is 2.69. The van der Waals surface area contributed by atoms with Crippen molar-refractivity contribution in [2.75, 3.05) is 32.8 Å². The second kappa shape index (κ2) is 6.86. The van der Waals surface area contributed by atoms with Crippen molar-refractivity contribution >= 4 is 11.8 Å². The number of amides is 2. The van der Waals surface area contributed by atoms with Gasteiger partial charge < -0.3 is 15.0 Å². The molecule has 0 atom stereocenters. The van der Waals surface area contributed by atoms with Gasteiger partial charge in [-0.15, -0.1) is 6.58 Å². The fourth-order valence-corrected chi connectivity index (χ4v) is 2.01. The topological polar surface area (TPSA) is 58.6 Å². The zero-order valence-corrected chi connectivity index (χ0v) is 11.3. The molecule has 1 saturated heterocycles. The lowest BCUT2D eigenvalue weighted by atomic mass is 10.1. The van der Waals surface area contributed by atoms with Crippen molar-refractivity contribution < 1.29 is 14.3 Å². The number of benzene rings is 1. The molecule has 0 aromatic heterocycles. The predicted molar refractivity (Wildman–Crippen MR) is 75.7 cm³/mol. The lowest BCUT2D eigenvalue weighted by Crippen LogP contribution is -2.40. The first-order valence-electron chi connectivity index (χ1n) is 6.58. The van der Waals surface area contributed by atoms with Gasteiger partial charge in [-0.1, -0.05) is 12.1 Å². The van der Waals surface area contributed by atoms with Crippen molar-refractivity contribution in [3.63, 3.8) is 0 Å². The largest absolute Gasteiger partial charge is 0.378 e. The van der Waals surface area contributed by atoms with Gasteiger partial charge in [0.1, 0.15) is 0 Å². The summed E-state index contributed by atoms with van der Waals surface area (Å²) in [5.41, 5.74) is 1.00. The predicted octanol–water partition coefficient (Wildman–Crippen LogP) is 1.07. The van der Waals surface area contributed by atoms with Crippen molar-refractivity contribution in [2.24, 2.45) is 0 Å². The van der Waals surface area contributed by atoms with Crippen molar-refractivity contribution in [3.8, 4) is 0 Å². The molecular formula is C15H18N2O3. The van der Waals surface area contributed by atoms with Gasteiger partial charge >= 0.3 is 0 Å². The average molecular weight is 274 g/mol. The number of morpholine rings is 1. The molecule has 20 heavy (non-hydrogen) atoms. The van der Waals surface area contributed by atoms with E-state index >= 15 is 0 Å². The summed E-state index contributed by atoms with van der Waals surface area (Å²) in [7, 11) is 0. The minimum Gasteiger partial charge on any atom is -0.378 e. The first-order valence-corrected chi connectivity index (χ1v) is 6.58. The zero-order chi connectivity index (χ0) is 14.4. The van der Waals surface area contributed by atoms with Gasteiger partial charge in [-0.25, -0.2) is 0 Å². The lowest BCUT2D eigenvalue weighted by molar-refractivity contribution is 0.0303. The molecule has 0 spiro atoms. The van der Waals surface area contributed by atoms with Crippen molar-refractivity contribution in [3.05, 3.63) is 48.0 Å². The van der Waals surface area contributed by atoms with Crippen LogP contribution in [0.2, 0.25) is 0 Å². The number of ether oxygens (including phenoxy) is 1. The molecule has 1 aromatic carbocycles. The maximum atomic E-state index is 12.3. The van der Waals surface area contributed by atoms with Crippen LogP contribution in [-0.2, 0) is 4.74 Å². The maximum absolute atomic E-state index is 12.3. The van der Waals surface area contributed by atoms with Crippen LogP contribution < -0.4 is 5.32 Å². The Hall–Kier alpha value is -2.14. The monoisotopic (exact) mass is 274 g/mol. The molecule has 2 rings (SSSR count). The third-order valence-electron chi connectivity index (χ3n) is 3.08. The van der Waals surface area contributed by atoms with E-state index in [0.29, 0.717) is 44.0 Å². The molecular weight excluding hydrogens is 256 g/mol. The first-order chi connectivity index (χ1) is 9.72. The van der Waals surface area contributed by atoms with Crippen molar-refractivity contribution in [2.45, 2.75) is 0 Å². The lowest BCUT2D eigenvalue weighted by Gasteiger charge is -2.26. The van der Waals surface area contributed by atoms with Gasteiger partial charge in [0.05, 0.1) is 13.2 Å². The Balaban J connectivity index is 2.10. The summed E-state index contributed by atoms with van der Waals surface area (Å²) < 4.78 is 5.22. The highest BCUT2D eigenvalue weighted by Crippen LogP contribution is 2.10. The van der Waals surface area contributed by atoms with Crippen LogP contribution in [0.25, 0.3) is 0 Å². The SMILES string of the molecule is C=CCNC(=O)c1cccc(C(=O)N2CCOCC2)c1. The van der Waals surface area contributed by atoms with Crippen LogP contribution in [0, 0.1) is 0 Å². The van der Waals surface area contributed by atoms with E-state index in [0.717, 1.165) is 0 Å². The molecule has 1 N–H and O–H groups in total. The molecule has 2 amide bonds. The molecule has 1 fully saturated rings. The number of rotatable bonds is 4. The molecule has 0 unspecified atom stereocenters. The molecule has 0 radical (unpaired) electrons. The van der Waals surface area contributed by atoms with Crippen molar-refractivity contribution in [1.29, 1.82) is 0 Å². The van der Waals surface area contributed by atoms with Gasteiger partial charge in [-0.05, 0) is 18.2 Å². The van der Waals surface area contributed by atoms with E-state index in [1.54, 1.807) is 35.2 Å². The molecule has 106 valence electrons. The number of nitrogens with zero attached hydrogens (tertiary/aromatic N) is 1. The highest BCUT2D eigenvalue weighted by Gasteiger charge is 2.19. The third-order valence-corrected chi connectivity index (χ3v) is 3.08. The Labute approximate surface area is 118 Å². The molecule has 1 aliphatic heterocycles. The first kappa shape index (κ1) is 14.3. The Morgan fingerprint density at radius 2 is 2.00 bits per heavy atom. The maximum Gasteiger partial charge on any atom is 0.254 e. The van der Waals surface area contributed by atoms with E-state index in [1.807, 2.05) is 0 Å². The van der Waals surface area contributed by atoms with E-state index < -0.39 is 0 Å². The fourth-order valence-electron chi connectivity index (χ4n) is 2.01.